The van der Waals surface area contributed by atoms with Gasteiger partial charge in [-0.2, -0.15) is 8.62 Å². The number of hydrogen-bond donors (Lipinski definition) is 7. The van der Waals surface area contributed by atoms with Gasteiger partial charge in [0, 0.05) is 6.20 Å². The molecular formula is C10H17N2O15P3S. The van der Waals surface area contributed by atoms with Gasteiger partial charge in [0.25, 0.3) is 5.56 Å². The van der Waals surface area contributed by atoms with Crippen LogP contribution in [0.2, 0.25) is 0 Å². The average Bonchev–Trinajstić information content (AvgIpc) is 2.85. The molecule has 1 fully saturated rings. The van der Waals surface area contributed by atoms with Crippen LogP contribution in [-0.4, -0.2) is 70.5 Å². The quantitative estimate of drug-likeness (QED) is 0.137. The van der Waals surface area contributed by atoms with E-state index in [-0.39, 0.29) is 4.90 Å². The van der Waals surface area contributed by atoms with Crippen molar-refractivity contribution in [1.29, 1.82) is 0 Å². The largest absolute Gasteiger partial charge is 0.490 e. The number of ether oxygens (including phenoxy) is 1. The first-order valence-corrected chi connectivity index (χ1v) is 13.5. The molecule has 0 aromatic carbocycles. The minimum absolute atomic E-state index is 0.0709. The van der Waals surface area contributed by atoms with Gasteiger partial charge >= 0.3 is 29.2 Å². The zero-order valence-corrected chi connectivity index (χ0v) is 18.6. The number of phosphoric ester groups is 1. The molecule has 1 saturated heterocycles. The van der Waals surface area contributed by atoms with Crippen LogP contribution in [0, 0.1) is 0 Å². The second-order valence-corrected chi connectivity index (χ2v) is 11.1. The lowest BCUT2D eigenvalue weighted by Gasteiger charge is -2.19. The Hall–Kier alpha value is -0.680. The molecule has 1 aromatic rings. The second kappa shape index (κ2) is 9.67. The van der Waals surface area contributed by atoms with E-state index in [0.29, 0.717) is 0 Å². The fourth-order valence-electron chi connectivity index (χ4n) is 2.37. The van der Waals surface area contributed by atoms with Crippen molar-refractivity contribution in [3.63, 3.8) is 0 Å². The van der Waals surface area contributed by atoms with E-state index in [1.54, 1.807) is 0 Å². The SMILES string of the molecule is CSc1cn([C@@H]2O[C@H](COP(=O)(O)OP(=O)(O)OP(=O)(O)O)[C@@H](O)[C@H]2O)c(=O)[nH]c1=O. The molecule has 2 unspecified atom stereocenters. The number of rotatable bonds is 9. The third-order valence-corrected chi connectivity index (χ3v) is 8.12. The van der Waals surface area contributed by atoms with Crippen molar-refractivity contribution < 1.29 is 61.4 Å². The summed E-state index contributed by atoms with van der Waals surface area (Å²) in [6, 6.07) is 0. The summed E-state index contributed by atoms with van der Waals surface area (Å²) in [6.07, 6.45) is -4.12. The Bertz CT molecular complexity index is 1070. The van der Waals surface area contributed by atoms with Crippen molar-refractivity contribution in [2.45, 2.75) is 29.4 Å². The number of H-pyrrole nitrogens is 1. The summed E-state index contributed by atoms with van der Waals surface area (Å²) in [5.74, 6) is 0. The Morgan fingerprint density at radius 3 is 2.26 bits per heavy atom. The summed E-state index contributed by atoms with van der Waals surface area (Å²) in [6.45, 7) is -1.05. The first-order valence-electron chi connectivity index (χ1n) is 7.74. The van der Waals surface area contributed by atoms with Gasteiger partial charge < -0.3 is 34.5 Å². The average molecular weight is 530 g/mol. The minimum Gasteiger partial charge on any atom is -0.387 e. The summed E-state index contributed by atoms with van der Waals surface area (Å²) < 4.78 is 51.0. The molecule has 0 bridgehead atoms. The zero-order chi connectivity index (χ0) is 23.8. The normalized spacial score (nSPS) is 28.2. The van der Waals surface area contributed by atoms with Gasteiger partial charge in [0.2, 0.25) is 0 Å². The van der Waals surface area contributed by atoms with E-state index in [4.69, 9.17) is 19.4 Å². The van der Waals surface area contributed by atoms with Gasteiger partial charge in [-0.25, -0.2) is 18.5 Å². The van der Waals surface area contributed by atoms with Crippen molar-refractivity contribution in [2.24, 2.45) is 0 Å². The Labute approximate surface area is 176 Å². The number of phosphoric acid groups is 3. The molecular weight excluding hydrogens is 513 g/mol. The molecule has 2 heterocycles. The van der Waals surface area contributed by atoms with Crippen molar-refractivity contribution in [1.82, 2.24) is 9.55 Å². The van der Waals surface area contributed by atoms with E-state index in [1.165, 1.54) is 6.26 Å². The fourth-order valence-corrected chi connectivity index (χ4v) is 5.85. The Morgan fingerprint density at radius 1 is 1.10 bits per heavy atom. The summed E-state index contributed by atoms with van der Waals surface area (Å²) in [5, 5.41) is 20.2. The molecule has 2 rings (SSSR count). The molecule has 1 aromatic heterocycles. The van der Waals surface area contributed by atoms with Gasteiger partial charge in [-0.05, 0) is 6.26 Å². The molecule has 0 radical (unpaired) electrons. The van der Waals surface area contributed by atoms with Crippen LogP contribution in [0.5, 0.6) is 0 Å². The molecule has 31 heavy (non-hydrogen) atoms. The summed E-state index contributed by atoms with van der Waals surface area (Å²) in [7, 11) is -16.8. The zero-order valence-electron chi connectivity index (χ0n) is 15.1. The van der Waals surface area contributed by atoms with Crippen molar-refractivity contribution >= 4 is 35.2 Å². The third-order valence-electron chi connectivity index (χ3n) is 3.58. The molecule has 1 aliphatic heterocycles. The maximum Gasteiger partial charge on any atom is 0.490 e. The highest BCUT2D eigenvalue weighted by atomic mass is 32.2. The number of nitrogens with zero attached hydrogens (tertiary/aromatic N) is 1. The van der Waals surface area contributed by atoms with Crippen molar-refractivity contribution in [3.05, 3.63) is 27.0 Å². The molecule has 178 valence electrons. The van der Waals surface area contributed by atoms with Crippen LogP contribution in [0.25, 0.3) is 0 Å². The highest BCUT2D eigenvalue weighted by molar-refractivity contribution is 7.98. The number of thioether (sulfide) groups is 1. The van der Waals surface area contributed by atoms with Crippen LogP contribution in [0.4, 0.5) is 0 Å². The number of nitrogens with one attached hydrogen (secondary N) is 1. The van der Waals surface area contributed by atoms with E-state index in [1.807, 2.05) is 4.98 Å². The second-order valence-electron chi connectivity index (χ2n) is 5.80. The van der Waals surface area contributed by atoms with Gasteiger partial charge in [-0.15, -0.1) is 11.8 Å². The summed E-state index contributed by atoms with van der Waals surface area (Å²) in [5.41, 5.74) is -1.70. The lowest BCUT2D eigenvalue weighted by atomic mass is 10.1. The first kappa shape index (κ1) is 26.6. The monoisotopic (exact) mass is 530 g/mol. The van der Waals surface area contributed by atoms with Gasteiger partial charge in [-0.1, -0.05) is 0 Å². The van der Waals surface area contributed by atoms with Crippen LogP contribution >= 0.6 is 35.2 Å². The number of hydrogen-bond acceptors (Lipinski definition) is 12. The molecule has 0 amide bonds. The molecule has 1 aliphatic rings. The van der Waals surface area contributed by atoms with Crippen LogP contribution in [0.3, 0.4) is 0 Å². The highest BCUT2D eigenvalue weighted by Crippen LogP contribution is 2.66. The van der Waals surface area contributed by atoms with Crippen LogP contribution in [0.1, 0.15) is 6.23 Å². The lowest BCUT2D eigenvalue weighted by Crippen LogP contribution is -2.38. The van der Waals surface area contributed by atoms with Crippen molar-refractivity contribution in [3.8, 4) is 0 Å². The number of aromatic nitrogens is 2. The van der Waals surface area contributed by atoms with Gasteiger partial charge in [-0.3, -0.25) is 18.9 Å². The van der Waals surface area contributed by atoms with Crippen LogP contribution < -0.4 is 11.2 Å². The smallest absolute Gasteiger partial charge is 0.387 e. The maximum atomic E-state index is 12.0. The van der Waals surface area contributed by atoms with Crippen molar-refractivity contribution in [2.75, 3.05) is 12.9 Å². The summed E-state index contributed by atoms with van der Waals surface area (Å²) >= 11 is 0.971. The number of aromatic amines is 1. The minimum atomic E-state index is -5.74. The van der Waals surface area contributed by atoms with E-state index in [2.05, 4.69) is 13.1 Å². The number of aliphatic hydroxyl groups is 2. The van der Waals surface area contributed by atoms with E-state index >= 15 is 0 Å². The van der Waals surface area contributed by atoms with Crippen LogP contribution in [-0.2, 0) is 31.6 Å². The highest BCUT2D eigenvalue weighted by Gasteiger charge is 2.46. The molecule has 0 spiro atoms. The summed E-state index contributed by atoms with van der Waals surface area (Å²) in [4.78, 5) is 61.1. The predicted octanol–water partition coefficient (Wildman–Crippen LogP) is -1.78. The lowest BCUT2D eigenvalue weighted by molar-refractivity contribution is -0.0545. The predicted molar refractivity (Wildman–Crippen MR) is 98.8 cm³/mol. The van der Waals surface area contributed by atoms with Gasteiger partial charge in [0.1, 0.15) is 18.3 Å². The molecule has 0 aliphatic carbocycles. The maximum absolute atomic E-state index is 12.0. The van der Waals surface area contributed by atoms with Crippen LogP contribution in [0.15, 0.2) is 20.7 Å². The van der Waals surface area contributed by atoms with Gasteiger partial charge in [0.15, 0.2) is 6.23 Å². The molecule has 0 saturated carbocycles. The van der Waals surface area contributed by atoms with E-state index < -0.39 is 65.9 Å². The van der Waals surface area contributed by atoms with E-state index in [0.717, 1.165) is 22.5 Å². The Balaban J connectivity index is 2.12. The van der Waals surface area contributed by atoms with E-state index in [9.17, 15) is 38.4 Å². The fraction of sp³-hybridized carbons (Fsp3) is 0.600. The Kier molecular flexibility index (Phi) is 8.29. The van der Waals surface area contributed by atoms with Gasteiger partial charge in [0.05, 0.1) is 11.5 Å². The Morgan fingerprint density at radius 2 is 1.71 bits per heavy atom. The molecule has 17 nitrogen and oxygen atoms in total. The third kappa shape index (κ3) is 7.15. The molecule has 21 heteroatoms. The topological polar surface area (TPSA) is 264 Å². The standard InChI is InChI=1S/C10H17N2O15P3S/c1-31-5-2-12(10(16)11-8(5)15)9-7(14)6(13)4(25-9)3-24-29(20,21)27-30(22,23)26-28(17,18)19/h2,4,6-7,9,13-14H,3H2,1H3,(H,20,21)(H,22,23)(H,11,15,16)(H2,17,18,19)/t4-,6-,7-,9-/m1/s1. The molecule has 7 N–H and O–H groups in total. The first-order chi connectivity index (χ1) is 14.1. The number of aliphatic hydroxyl groups excluding tert-OH is 2. The molecule has 6 atom stereocenters.